The highest BCUT2D eigenvalue weighted by Crippen LogP contribution is 2.49. The fourth-order valence-electron chi connectivity index (χ4n) is 4.79. The summed E-state index contributed by atoms with van der Waals surface area (Å²) in [6.45, 7) is 4.38. The van der Waals surface area contributed by atoms with Crippen molar-refractivity contribution >= 4 is 5.91 Å². The van der Waals surface area contributed by atoms with Gasteiger partial charge in [-0.05, 0) is 62.2 Å². The summed E-state index contributed by atoms with van der Waals surface area (Å²) in [6.07, 6.45) is 11.1. The second-order valence-electron chi connectivity index (χ2n) is 8.29. The van der Waals surface area contributed by atoms with Gasteiger partial charge in [-0.2, -0.15) is 0 Å². The summed E-state index contributed by atoms with van der Waals surface area (Å²) in [6, 6.07) is 0.634. The second-order valence-corrected chi connectivity index (χ2v) is 8.29. The number of carbonyl (C=O) groups excluding carboxylic acids is 1. The van der Waals surface area contributed by atoms with Crippen LogP contribution in [0.15, 0.2) is 0 Å². The molecule has 0 aromatic heterocycles. The fraction of sp³-hybridized carbons (Fsp3) is 0.944. The van der Waals surface area contributed by atoms with E-state index >= 15 is 0 Å². The summed E-state index contributed by atoms with van der Waals surface area (Å²) >= 11 is 0. The molecule has 3 saturated carbocycles. The molecule has 1 aliphatic heterocycles. The van der Waals surface area contributed by atoms with E-state index in [-0.39, 0.29) is 6.04 Å². The van der Waals surface area contributed by atoms with Crippen molar-refractivity contribution in [2.24, 2.45) is 23.7 Å². The van der Waals surface area contributed by atoms with Gasteiger partial charge < -0.3 is 4.90 Å². The molecule has 1 heterocycles. The SMILES string of the molecule is CC(C)C1NC(C2CCCC2)N(C(C2CC2)C2CC2)C1=O. The predicted octanol–water partition coefficient (Wildman–Crippen LogP) is 3.15. The molecule has 118 valence electrons. The van der Waals surface area contributed by atoms with E-state index < -0.39 is 0 Å². The molecule has 21 heavy (non-hydrogen) atoms. The first-order valence-electron chi connectivity index (χ1n) is 9.25. The number of hydrogen-bond donors (Lipinski definition) is 1. The first-order valence-corrected chi connectivity index (χ1v) is 9.25. The van der Waals surface area contributed by atoms with Crippen LogP contribution in [0.25, 0.3) is 0 Å². The van der Waals surface area contributed by atoms with Gasteiger partial charge in [0.05, 0.1) is 12.2 Å². The summed E-state index contributed by atoms with van der Waals surface area (Å²) in [7, 11) is 0. The van der Waals surface area contributed by atoms with Crippen molar-refractivity contribution in [3.63, 3.8) is 0 Å². The molecule has 0 spiro atoms. The van der Waals surface area contributed by atoms with Crippen LogP contribution in [0.5, 0.6) is 0 Å². The highest BCUT2D eigenvalue weighted by Gasteiger charge is 2.54. The Morgan fingerprint density at radius 2 is 1.57 bits per heavy atom. The van der Waals surface area contributed by atoms with E-state index in [0.29, 0.717) is 30.0 Å². The topological polar surface area (TPSA) is 32.3 Å². The van der Waals surface area contributed by atoms with Crippen LogP contribution in [0.3, 0.4) is 0 Å². The van der Waals surface area contributed by atoms with Crippen molar-refractivity contribution in [2.45, 2.75) is 83.5 Å². The summed E-state index contributed by atoms with van der Waals surface area (Å²) < 4.78 is 0. The number of nitrogens with zero attached hydrogens (tertiary/aromatic N) is 1. The van der Waals surface area contributed by atoms with Gasteiger partial charge in [-0.25, -0.2) is 0 Å². The number of nitrogens with one attached hydrogen (secondary N) is 1. The minimum atomic E-state index is 0.0654. The molecule has 4 fully saturated rings. The molecule has 3 heteroatoms. The molecule has 0 bridgehead atoms. The van der Waals surface area contributed by atoms with Crippen molar-refractivity contribution < 1.29 is 4.79 Å². The number of carbonyl (C=O) groups is 1. The highest BCUT2D eigenvalue weighted by atomic mass is 16.2. The molecule has 3 nitrogen and oxygen atoms in total. The molecule has 4 aliphatic rings. The van der Waals surface area contributed by atoms with Crippen molar-refractivity contribution in [3.8, 4) is 0 Å². The third-order valence-corrected chi connectivity index (χ3v) is 6.21. The Hall–Kier alpha value is -0.570. The van der Waals surface area contributed by atoms with Crippen LogP contribution in [0.1, 0.15) is 65.2 Å². The molecular formula is C18H30N2O. The molecule has 0 aromatic rings. The summed E-state index contributed by atoms with van der Waals surface area (Å²) in [5.74, 6) is 3.17. The maximum atomic E-state index is 13.1. The van der Waals surface area contributed by atoms with Gasteiger partial charge in [-0.3, -0.25) is 10.1 Å². The van der Waals surface area contributed by atoms with Crippen molar-refractivity contribution in [1.82, 2.24) is 10.2 Å². The van der Waals surface area contributed by atoms with Crippen LogP contribution in [0.2, 0.25) is 0 Å². The van der Waals surface area contributed by atoms with E-state index in [1.165, 1.54) is 51.4 Å². The molecule has 2 atom stereocenters. The quantitative estimate of drug-likeness (QED) is 0.843. The third kappa shape index (κ3) is 2.52. The molecule has 0 radical (unpaired) electrons. The lowest BCUT2D eigenvalue weighted by atomic mass is 9.99. The van der Waals surface area contributed by atoms with Gasteiger partial charge in [0.15, 0.2) is 0 Å². The Balaban J connectivity index is 1.60. The average molecular weight is 290 g/mol. The zero-order chi connectivity index (χ0) is 14.6. The molecule has 4 rings (SSSR count). The molecule has 1 saturated heterocycles. The van der Waals surface area contributed by atoms with E-state index in [1.807, 2.05) is 0 Å². The minimum absolute atomic E-state index is 0.0654. The summed E-state index contributed by atoms with van der Waals surface area (Å²) in [5.41, 5.74) is 0. The Labute approximate surface area is 128 Å². The Bertz CT molecular complexity index is 395. The Morgan fingerprint density at radius 3 is 2.05 bits per heavy atom. The highest BCUT2D eigenvalue weighted by molar-refractivity contribution is 5.85. The molecule has 2 unspecified atom stereocenters. The van der Waals surface area contributed by atoms with Crippen molar-refractivity contribution in [3.05, 3.63) is 0 Å². The van der Waals surface area contributed by atoms with Crippen LogP contribution in [0.4, 0.5) is 0 Å². The second kappa shape index (κ2) is 5.26. The van der Waals surface area contributed by atoms with Gasteiger partial charge in [0.2, 0.25) is 5.91 Å². The average Bonchev–Trinajstić information content (AvgIpc) is 3.36. The lowest BCUT2D eigenvalue weighted by Gasteiger charge is -2.36. The van der Waals surface area contributed by atoms with Crippen LogP contribution in [-0.2, 0) is 4.79 Å². The largest absolute Gasteiger partial charge is 0.322 e. The zero-order valence-electron chi connectivity index (χ0n) is 13.6. The molecule has 3 aliphatic carbocycles. The standard InChI is InChI=1S/C18H30N2O/c1-11(2)15-18(21)20(16(12-7-8-12)13-9-10-13)17(19-15)14-5-3-4-6-14/h11-17,19H,3-10H2,1-2H3. The lowest BCUT2D eigenvalue weighted by Crippen LogP contribution is -2.50. The van der Waals surface area contributed by atoms with Crippen LogP contribution >= 0.6 is 0 Å². The van der Waals surface area contributed by atoms with Gasteiger partial charge >= 0.3 is 0 Å². The lowest BCUT2D eigenvalue weighted by molar-refractivity contribution is -0.134. The number of hydrogen-bond acceptors (Lipinski definition) is 2. The van der Waals surface area contributed by atoms with E-state index in [4.69, 9.17) is 0 Å². The Kier molecular flexibility index (Phi) is 3.52. The normalized spacial score (nSPS) is 34.7. The smallest absolute Gasteiger partial charge is 0.241 e. The first-order chi connectivity index (χ1) is 10.2. The zero-order valence-corrected chi connectivity index (χ0v) is 13.6. The van der Waals surface area contributed by atoms with Gasteiger partial charge in [-0.15, -0.1) is 0 Å². The monoisotopic (exact) mass is 290 g/mol. The Morgan fingerprint density at radius 1 is 1.00 bits per heavy atom. The fourth-order valence-corrected chi connectivity index (χ4v) is 4.79. The van der Waals surface area contributed by atoms with E-state index in [0.717, 1.165) is 11.8 Å². The number of rotatable bonds is 5. The van der Waals surface area contributed by atoms with Crippen LogP contribution < -0.4 is 5.32 Å². The van der Waals surface area contributed by atoms with Gasteiger partial charge in [0.25, 0.3) is 0 Å². The van der Waals surface area contributed by atoms with Gasteiger partial charge in [-0.1, -0.05) is 26.7 Å². The van der Waals surface area contributed by atoms with Crippen LogP contribution in [0, 0.1) is 23.7 Å². The predicted molar refractivity (Wildman–Crippen MR) is 83.6 cm³/mol. The first kappa shape index (κ1) is 14.0. The molecule has 0 aromatic carbocycles. The summed E-state index contributed by atoms with van der Waals surface area (Å²) in [5, 5.41) is 3.75. The molecule has 1 N–H and O–H groups in total. The van der Waals surface area contributed by atoms with Gasteiger partial charge in [0.1, 0.15) is 0 Å². The summed E-state index contributed by atoms with van der Waals surface area (Å²) in [4.78, 5) is 15.5. The maximum absolute atomic E-state index is 13.1. The minimum Gasteiger partial charge on any atom is -0.322 e. The van der Waals surface area contributed by atoms with Crippen molar-refractivity contribution in [1.29, 1.82) is 0 Å². The van der Waals surface area contributed by atoms with E-state index in [9.17, 15) is 4.79 Å². The van der Waals surface area contributed by atoms with Gasteiger partial charge in [0, 0.05) is 6.04 Å². The van der Waals surface area contributed by atoms with Crippen LogP contribution in [-0.4, -0.2) is 29.1 Å². The third-order valence-electron chi connectivity index (χ3n) is 6.21. The number of amides is 1. The van der Waals surface area contributed by atoms with E-state index in [1.54, 1.807) is 0 Å². The van der Waals surface area contributed by atoms with E-state index in [2.05, 4.69) is 24.1 Å². The molecule has 1 amide bonds. The molecular weight excluding hydrogens is 260 g/mol. The maximum Gasteiger partial charge on any atom is 0.241 e. The van der Waals surface area contributed by atoms with Crippen molar-refractivity contribution in [2.75, 3.05) is 0 Å².